The van der Waals surface area contributed by atoms with Crippen LogP contribution in [0.1, 0.15) is 39.5 Å². The van der Waals surface area contributed by atoms with Gasteiger partial charge in [0.1, 0.15) is 0 Å². The standard InChI is InChI=1S/C15H24ClN5/c1-11-6-9-21(10-12(11)2)15-18-13(16)17-14(19-15)20-7-4-3-5-8-20/h11-12H,3-10H2,1-2H3. The second kappa shape index (κ2) is 6.34. The Bertz CT molecular complexity index is 489. The molecule has 0 saturated carbocycles. The molecule has 3 rings (SSSR count). The third-order valence-corrected chi connectivity index (χ3v) is 5.01. The van der Waals surface area contributed by atoms with E-state index in [4.69, 9.17) is 11.6 Å². The number of hydrogen-bond acceptors (Lipinski definition) is 5. The molecule has 1 aromatic rings. The molecule has 0 radical (unpaired) electrons. The van der Waals surface area contributed by atoms with E-state index in [0.29, 0.717) is 11.2 Å². The van der Waals surface area contributed by atoms with Crippen LogP contribution in [0.15, 0.2) is 0 Å². The number of nitrogens with zero attached hydrogens (tertiary/aromatic N) is 5. The Morgan fingerprint density at radius 1 is 0.857 bits per heavy atom. The summed E-state index contributed by atoms with van der Waals surface area (Å²) < 4.78 is 0. The molecule has 0 aromatic carbocycles. The maximum absolute atomic E-state index is 6.14. The lowest BCUT2D eigenvalue weighted by molar-refractivity contribution is 0.321. The van der Waals surface area contributed by atoms with Gasteiger partial charge < -0.3 is 9.80 Å². The van der Waals surface area contributed by atoms with Crippen LogP contribution in [0.5, 0.6) is 0 Å². The molecule has 0 spiro atoms. The normalized spacial score (nSPS) is 27.0. The molecule has 2 aliphatic rings. The molecule has 0 bridgehead atoms. The zero-order valence-corrected chi connectivity index (χ0v) is 13.7. The Labute approximate surface area is 131 Å². The van der Waals surface area contributed by atoms with Gasteiger partial charge >= 0.3 is 0 Å². The Balaban J connectivity index is 1.80. The van der Waals surface area contributed by atoms with Crippen molar-refractivity contribution in [2.45, 2.75) is 39.5 Å². The molecule has 2 saturated heterocycles. The summed E-state index contributed by atoms with van der Waals surface area (Å²) in [5.41, 5.74) is 0. The van der Waals surface area contributed by atoms with E-state index in [2.05, 4.69) is 38.6 Å². The number of halogens is 1. The molecule has 0 N–H and O–H groups in total. The topological polar surface area (TPSA) is 45.2 Å². The fraction of sp³-hybridized carbons (Fsp3) is 0.800. The van der Waals surface area contributed by atoms with E-state index in [1.165, 1.54) is 25.7 Å². The average molecular weight is 310 g/mol. The summed E-state index contributed by atoms with van der Waals surface area (Å²) in [4.78, 5) is 17.9. The van der Waals surface area contributed by atoms with Crippen LogP contribution in [-0.4, -0.2) is 41.1 Å². The smallest absolute Gasteiger partial charge is 0.231 e. The van der Waals surface area contributed by atoms with Gasteiger partial charge in [0.25, 0.3) is 0 Å². The second-order valence-corrected chi connectivity index (χ2v) is 6.78. The van der Waals surface area contributed by atoms with Gasteiger partial charge in [0, 0.05) is 26.2 Å². The van der Waals surface area contributed by atoms with E-state index in [1.807, 2.05) is 0 Å². The molecule has 1 aromatic heterocycles. The SMILES string of the molecule is CC1CCN(c2nc(Cl)nc(N3CCCCC3)n2)CC1C. The van der Waals surface area contributed by atoms with Crippen LogP contribution >= 0.6 is 11.6 Å². The van der Waals surface area contributed by atoms with Crippen molar-refractivity contribution in [3.05, 3.63) is 5.28 Å². The summed E-state index contributed by atoms with van der Waals surface area (Å²) in [6.45, 7) is 8.67. The van der Waals surface area contributed by atoms with E-state index in [9.17, 15) is 0 Å². The third-order valence-electron chi connectivity index (χ3n) is 4.84. The monoisotopic (exact) mass is 309 g/mol. The van der Waals surface area contributed by atoms with Crippen LogP contribution in [0.4, 0.5) is 11.9 Å². The van der Waals surface area contributed by atoms with Gasteiger partial charge in [-0.3, -0.25) is 0 Å². The summed E-state index contributed by atoms with van der Waals surface area (Å²) in [5, 5.41) is 0.312. The Morgan fingerprint density at radius 2 is 1.52 bits per heavy atom. The fourth-order valence-electron chi connectivity index (χ4n) is 3.15. The van der Waals surface area contributed by atoms with E-state index in [1.54, 1.807) is 0 Å². The molecule has 3 heterocycles. The maximum atomic E-state index is 6.14. The number of piperidine rings is 2. The third kappa shape index (κ3) is 3.39. The van der Waals surface area contributed by atoms with Gasteiger partial charge in [-0.15, -0.1) is 0 Å². The molecule has 0 amide bonds. The van der Waals surface area contributed by atoms with Gasteiger partial charge in [-0.05, 0) is 49.1 Å². The first-order valence-corrected chi connectivity index (χ1v) is 8.43. The highest BCUT2D eigenvalue weighted by atomic mass is 35.5. The van der Waals surface area contributed by atoms with Crippen molar-refractivity contribution in [3.63, 3.8) is 0 Å². The summed E-state index contributed by atoms with van der Waals surface area (Å²) >= 11 is 6.14. The van der Waals surface area contributed by atoms with E-state index >= 15 is 0 Å². The Kier molecular flexibility index (Phi) is 4.48. The molecule has 5 nitrogen and oxygen atoms in total. The molecule has 0 aliphatic carbocycles. The van der Waals surface area contributed by atoms with Crippen LogP contribution in [-0.2, 0) is 0 Å². The lowest BCUT2D eigenvalue weighted by Crippen LogP contribution is -2.40. The molecular formula is C15H24ClN5. The quantitative estimate of drug-likeness (QED) is 0.840. The van der Waals surface area contributed by atoms with Gasteiger partial charge in [-0.2, -0.15) is 15.0 Å². The number of aromatic nitrogens is 3. The van der Waals surface area contributed by atoms with Gasteiger partial charge in [0.15, 0.2) is 0 Å². The van der Waals surface area contributed by atoms with E-state index in [-0.39, 0.29) is 0 Å². The predicted molar refractivity (Wildman–Crippen MR) is 86.1 cm³/mol. The second-order valence-electron chi connectivity index (χ2n) is 6.44. The molecule has 116 valence electrons. The maximum Gasteiger partial charge on any atom is 0.231 e. The summed E-state index contributed by atoms with van der Waals surface area (Å²) in [5.74, 6) is 2.91. The average Bonchev–Trinajstić information content (AvgIpc) is 2.50. The first kappa shape index (κ1) is 14.8. The predicted octanol–water partition coefficient (Wildman–Crippen LogP) is 3.00. The van der Waals surface area contributed by atoms with Crippen molar-refractivity contribution in [3.8, 4) is 0 Å². The van der Waals surface area contributed by atoms with Crippen LogP contribution < -0.4 is 9.80 Å². The van der Waals surface area contributed by atoms with Crippen LogP contribution in [0.3, 0.4) is 0 Å². The Morgan fingerprint density at radius 3 is 2.19 bits per heavy atom. The minimum Gasteiger partial charge on any atom is -0.341 e. The van der Waals surface area contributed by atoms with Crippen LogP contribution in [0.25, 0.3) is 0 Å². The summed E-state index contributed by atoms with van der Waals surface area (Å²) in [6, 6.07) is 0. The molecule has 2 fully saturated rings. The van der Waals surface area contributed by atoms with Crippen molar-refractivity contribution < 1.29 is 0 Å². The van der Waals surface area contributed by atoms with Crippen molar-refractivity contribution in [1.29, 1.82) is 0 Å². The number of hydrogen-bond donors (Lipinski definition) is 0. The van der Waals surface area contributed by atoms with Gasteiger partial charge in [0.2, 0.25) is 17.2 Å². The first-order valence-electron chi connectivity index (χ1n) is 8.05. The molecule has 2 atom stereocenters. The van der Waals surface area contributed by atoms with Crippen molar-refractivity contribution in [1.82, 2.24) is 15.0 Å². The molecular weight excluding hydrogens is 286 g/mol. The highest BCUT2D eigenvalue weighted by Gasteiger charge is 2.25. The minimum absolute atomic E-state index is 0.312. The highest BCUT2D eigenvalue weighted by Crippen LogP contribution is 2.27. The van der Waals surface area contributed by atoms with Gasteiger partial charge in [0.05, 0.1) is 0 Å². The van der Waals surface area contributed by atoms with E-state index < -0.39 is 0 Å². The number of rotatable bonds is 2. The lowest BCUT2D eigenvalue weighted by Gasteiger charge is -2.35. The fourth-order valence-corrected chi connectivity index (χ4v) is 3.30. The van der Waals surface area contributed by atoms with E-state index in [0.717, 1.165) is 44.0 Å². The largest absolute Gasteiger partial charge is 0.341 e. The van der Waals surface area contributed by atoms with Gasteiger partial charge in [-0.25, -0.2) is 0 Å². The molecule has 6 heteroatoms. The molecule has 2 unspecified atom stereocenters. The Hall–Kier alpha value is -1.10. The van der Waals surface area contributed by atoms with Crippen LogP contribution in [0.2, 0.25) is 5.28 Å². The zero-order valence-electron chi connectivity index (χ0n) is 12.9. The first-order chi connectivity index (χ1) is 10.1. The summed E-state index contributed by atoms with van der Waals surface area (Å²) in [7, 11) is 0. The van der Waals surface area contributed by atoms with Crippen molar-refractivity contribution >= 4 is 23.5 Å². The van der Waals surface area contributed by atoms with Gasteiger partial charge in [-0.1, -0.05) is 13.8 Å². The molecule has 21 heavy (non-hydrogen) atoms. The van der Waals surface area contributed by atoms with Crippen LogP contribution in [0, 0.1) is 11.8 Å². The minimum atomic E-state index is 0.312. The lowest BCUT2D eigenvalue weighted by atomic mass is 9.89. The number of anilines is 2. The summed E-state index contributed by atoms with van der Waals surface area (Å²) in [6.07, 6.45) is 4.89. The zero-order chi connectivity index (χ0) is 14.8. The van der Waals surface area contributed by atoms with Crippen molar-refractivity contribution in [2.75, 3.05) is 36.0 Å². The molecule has 2 aliphatic heterocycles. The highest BCUT2D eigenvalue weighted by molar-refractivity contribution is 6.28. The van der Waals surface area contributed by atoms with Crippen molar-refractivity contribution in [2.24, 2.45) is 11.8 Å².